The van der Waals surface area contributed by atoms with Crippen molar-refractivity contribution in [3.8, 4) is 0 Å². The van der Waals surface area contributed by atoms with Gasteiger partial charge in [0, 0.05) is 63.6 Å². The Labute approximate surface area is 196 Å². The van der Waals surface area contributed by atoms with Crippen LogP contribution in [0.1, 0.15) is 30.4 Å². The standard InChI is InChI=1S/C27H34N4O2/c1-20-5-7-22(8-6-20)18-31-19-23(15-26(31)32)27(33)28-24-3-2-4-25(16-24)30-13-11-29(12-14-30)17-21-9-10-21/h2-8,16,21,23H,9-15,17-19H2,1H3,(H,28,33). The van der Waals surface area contributed by atoms with Gasteiger partial charge in [0.05, 0.1) is 5.92 Å². The molecule has 2 aliphatic heterocycles. The van der Waals surface area contributed by atoms with E-state index in [1.165, 1.54) is 24.9 Å². The third-order valence-electron chi connectivity index (χ3n) is 7.14. The Morgan fingerprint density at radius 3 is 2.52 bits per heavy atom. The summed E-state index contributed by atoms with van der Waals surface area (Å²) in [5.74, 6) is 0.609. The van der Waals surface area contributed by atoms with Gasteiger partial charge in [-0.15, -0.1) is 0 Å². The smallest absolute Gasteiger partial charge is 0.229 e. The summed E-state index contributed by atoms with van der Waals surface area (Å²) >= 11 is 0. The molecule has 2 heterocycles. The number of hydrogen-bond acceptors (Lipinski definition) is 4. The van der Waals surface area contributed by atoms with E-state index in [0.29, 0.717) is 13.1 Å². The molecule has 3 aliphatic rings. The lowest BCUT2D eigenvalue weighted by Crippen LogP contribution is -2.47. The number of rotatable bonds is 7. The number of hydrogen-bond donors (Lipinski definition) is 1. The van der Waals surface area contributed by atoms with Gasteiger partial charge in [0.2, 0.25) is 11.8 Å². The van der Waals surface area contributed by atoms with Crippen molar-refractivity contribution in [2.24, 2.45) is 11.8 Å². The van der Waals surface area contributed by atoms with E-state index in [-0.39, 0.29) is 24.2 Å². The van der Waals surface area contributed by atoms with E-state index in [2.05, 4.69) is 46.3 Å². The molecule has 33 heavy (non-hydrogen) atoms. The average Bonchev–Trinajstić information content (AvgIpc) is 3.56. The van der Waals surface area contributed by atoms with E-state index in [1.54, 1.807) is 4.90 Å². The molecular formula is C27H34N4O2. The SMILES string of the molecule is Cc1ccc(CN2CC(C(=O)Nc3cccc(N4CCN(CC5CC5)CC4)c3)CC2=O)cc1. The second kappa shape index (κ2) is 9.56. The molecule has 0 bridgehead atoms. The quantitative estimate of drug-likeness (QED) is 0.707. The van der Waals surface area contributed by atoms with Crippen LogP contribution < -0.4 is 10.2 Å². The van der Waals surface area contributed by atoms with Crippen LogP contribution in [-0.2, 0) is 16.1 Å². The zero-order chi connectivity index (χ0) is 22.8. The Morgan fingerprint density at radius 2 is 1.79 bits per heavy atom. The minimum Gasteiger partial charge on any atom is -0.369 e. The second-order valence-electron chi connectivity index (χ2n) is 9.93. The molecule has 2 aromatic rings. The Balaban J connectivity index is 1.15. The highest BCUT2D eigenvalue weighted by Gasteiger charge is 2.34. The van der Waals surface area contributed by atoms with Gasteiger partial charge in [0.15, 0.2) is 0 Å². The van der Waals surface area contributed by atoms with Crippen molar-refractivity contribution < 1.29 is 9.59 Å². The number of nitrogens with one attached hydrogen (secondary N) is 1. The van der Waals surface area contributed by atoms with E-state index in [0.717, 1.165) is 49.0 Å². The van der Waals surface area contributed by atoms with Crippen molar-refractivity contribution >= 4 is 23.2 Å². The lowest BCUT2D eigenvalue weighted by atomic mass is 10.1. The van der Waals surface area contributed by atoms with Crippen LogP contribution in [0, 0.1) is 18.8 Å². The summed E-state index contributed by atoms with van der Waals surface area (Å²) in [6, 6.07) is 16.3. The monoisotopic (exact) mass is 446 g/mol. The molecule has 1 atom stereocenters. The molecule has 0 radical (unpaired) electrons. The first-order valence-corrected chi connectivity index (χ1v) is 12.2. The van der Waals surface area contributed by atoms with Crippen LogP contribution in [-0.4, -0.2) is 60.9 Å². The largest absolute Gasteiger partial charge is 0.369 e. The average molecular weight is 447 g/mol. The second-order valence-corrected chi connectivity index (χ2v) is 9.93. The molecule has 2 amide bonds. The number of carbonyl (C=O) groups is 2. The summed E-state index contributed by atoms with van der Waals surface area (Å²) in [6.45, 7) is 8.60. The maximum absolute atomic E-state index is 12.9. The molecule has 6 nitrogen and oxygen atoms in total. The van der Waals surface area contributed by atoms with Gasteiger partial charge >= 0.3 is 0 Å². The first kappa shape index (κ1) is 22.0. The summed E-state index contributed by atoms with van der Waals surface area (Å²) in [5.41, 5.74) is 4.26. The first-order valence-electron chi connectivity index (χ1n) is 12.2. The van der Waals surface area contributed by atoms with Crippen molar-refractivity contribution in [3.05, 3.63) is 59.7 Å². The number of nitrogens with zero attached hydrogens (tertiary/aromatic N) is 3. The van der Waals surface area contributed by atoms with Gasteiger partial charge in [0.1, 0.15) is 0 Å². The van der Waals surface area contributed by atoms with E-state index >= 15 is 0 Å². The number of carbonyl (C=O) groups excluding carboxylic acids is 2. The fourth-order valence-electron chi connectivity index (χ4n) is 4.89. The van der Waals surface area contributed by atoms with Crippen LogP contribution in [0.25, 0.3) is 0 Å². The number of amides is 2. The third-order valence-corrected chi connectivity index (χ3v) is 7.14. The molecule has 174 valence electrons. The number of anilines is 2. The van der Waals surface area contributed by atoms with Crippen LogP contribution in [0.3, 0.4) is 0 Å². The van der Waals surface area contributed by atoms with Crippen molar-refractivity contribution in [2.75, 3.05) is 49.5 Å². The molecule has 1 saturated carbocycles. The predicted molar refractivity (Wildman–Crippen MR) is 131 cm³/mol. The van der Waals surface area contributed by atoms with E-state index in [9.17, 15) is 9.59 Å². The van der Waals surface area contributed by atoms with Gasteiger partial charge in [-0.25, -0.2) is 0 Å². The fourth-order valence-corrected chi connectivity index (χ4v) is 4.89. The molecule has 3 fully saturated rings. The first-order chi connectivity index (χ1) is 16.0. The number of aryl methyl sites for hydroxylation is 1. The molecule has 1 aliphatic carbocycles. The van der Waals surface area contributed by atoms with E-state index in [1.807, 2.05) is 24.3 Å². The summed E-state index contributed by atoms with van der Waals surface area (Å²) in [5, 5.41) is 3.06. The molecule has 1 N–H and O–H groups in total. The molecule has 2 aromatic carbocycles. The topological polar surface area (TPSA) is 55.9 Å². The molecule has 5 rings (SSSR count). The van der Waals surface area contributed by atoms with E-state index in [4.69, 9.17) is 0 Å². The van der Waals surface area contributed by atoms with E-state index < -0.39 is 0 Å². The van der Waals surface area contributed by atoms with Gasteiger partial charge in [-0.2, -0.15) is 0 Å². The van der Waals surface area contributed by atoms with Gasteiger partial charge in [-0.1, -0.05) is 35.9 Å². The van der Waals surface area contributed by atoms with Crippen LogP contribution in [0.5, 0.6) is 0 Å². The van der Waals surface area contributed by atoms with Crippen LogP contribution in [0.2, 0.25) is 0 Å². The normalized spacial score (nSPS) is 21.5. The lowest BCUT2D eigenvalue weighted by Gasteiger charge is -2.36. The van der Waals surface area contributed by atoms with Crippen LogP contribution in [0.4, 0.5) is 11.4 Å². The number of benzene rings is 2. The highest BCUT2D eigenvalue weighted by Crippen LogP contribution is 2.30. The van der Waals surface area contributed by atoms with Gasteiger partial charge in [-0.3, -0.25) is 14.5 Å². The molecule has 0 spiro atoms. The zero-order valence-electron chi connectivity index (χ0n) is 19.5. The molecule has 0 aromatic heterocycles. The maximum Gasteiger partial charge on any atom is 0.229 e. The maximum atomic E-state index is 12.9. The number of piperazine rings is 1. The minimum atomic E-state index is -0.308. The van der Waals surface area contributed by atoms with Crippen LogP contribution >= 0.6 is 0 Å². The summed E-state index contributed by atoms with van der Waals surface area (Å²) in [7, 11) is 0. The van der Waals surface area contributed by atoms with Crippen molar-refractivity contribution in [3.63, 3.8) is 0 Å². The molecule has 1 unspecified atom stereocenters. The highest BCUT2D eigenvalue weighted by atomic mass is 16.2. The predicted octanol–water partition coefficient (Wildman–Crippen LogP) is 3.51. The lowest BCUT2D eigenvalue weighted by molar-refractivity contribution is -0.128. The third kappa shape index (κ3) is 5.56. The van der Waals surface area contributed by atoms with Gasteiger partial charge in [0.25, 0.3) is 0 Å². The van der Waals surface area contributed by atoms with Crippen molar-refractivity contribution in [1.29, 1.82) is 0 Å². The fraction of sp³-hybridized carbons (Fsp3) is 0.481. The van der Waals surface area contributed by atoms with Crippen LogP contribution in [0.15, 0.2) is 48.5 Å². The Morgan fingerprint density at radius 1 is 1.03 bits per heavy atom. The zero-order valence-corrected chi connectivity index (χ0v) is 19.5. The Bertz CT molecular complexity index is 993. The minimum absolute atomic E-state index is 0.0496. The number of likely N-dealkylation sites (tertiary alicyclic amines) is 1. The van der Waals surface area contributed by atoms with Gasteiger partial charge in [-0.05, 0) is 49.4 Å². The highest BCUT2D eigenvalue weighted by molar-refractivity contribution is 5.97. The molecule has 2 saturated heterocycles. The Hall–Kier alpha value is -2.86. The molecular weight excluding hydrogens is 412 g/mol. The Kier molecular flexibility index (Phi) is 6.36. The van der Waals surface area contributed by atoms with Crippen molar-refractivity contribution in [1.82, 2.24) is 9.80 Å². The van der Waals surface area contributed by atoms with Gasteiger partial charge < -0.3 is 15.1 Å². The van der Waals surface area contributed by atoms with Crippen molar-refractivity contribution in [2.45, 2.75) is 32.7 Å². The summed E-state index contributed by atoms with van der Waals surface area (Å²) < 4.78 is 0. The summed E-state index contributed by atoms with van der Waals surface area (Å²) in [4.78, 5) is 32.2. The molecule has 6 heteroatoms. The summed E-state index contributed by atoms with van der Waals surface area (Å²) in [6.07, 6.45) is 3.08.